The van der Waals surface area contributed by atoms with Crippen LogP contribution in [0.15, 0.2) is 24.4 Å². The molecule has 0 atom stereocenters. The largest absolute Gasteiger partial charge is 0.707 e. The second-order valence-corrected chi connectivity index (χ2v) is 3.54. The van der Waals surface area contributed by atoms with Crippen LogP contribution in [-0.2, 0) is 11.2 Å². The molecule has 6 nitrogen and oxygen atoms in total. The fourth-order valence-electron chi connectivity index (χ4n) is 1.66. The minimum absolute atomic E-state index is 0.106. The highest BCUT2D eigenvalue weighted by Crippen LogP contribution is 2.24. The number of fused-ring (bicyclic) bond motifs is 1. The number of carboxylic acid groups (broad SMARTS) is 1. The average molecular weight is 235 g/mol. The van der Waals surface area contributed by atoms with E-state index in [-0.39, 0.29) is 12.2 Å². The van der Waals surface area contributed by atoms with Gasteiger partial charge in [0.25, 0.3) is 0 Å². The molecule has 1 aromatic heterocycles. The molecule has 0 saturated heterocycles. The van der Waals surface area contributed by atoms with E-state index in [1.165, 1.54) is 0 Å². The highest BCUT2D eigenvalue weighted by atomic mass is 16.6. The molecule has 0 spiro atoms. The fourth-order valence-corrected chi connectivity index (χ4v) is 1.66. The summed E-state index contributed by atoms with van der Waals surface area (Å²) < 4.78 is 4.70. The van der Waals surface area contributed by atoms with E-state index in [4.69, 9.17) is 19.8 Å². The number of H-pyrrole nitrogens is 1. The number of rotatable bonds is 4. The van der Waals surface area contributed by atoms with Crippen molar-refractivity contribution in [3.8, 4) is 5.75 Å². The van der Waals surface area contributed by atoms with Crippen molar-refractivity contribution < 1.29 is 24.6 Å². The van der Waals surface area contributed by atoms with E-state index in [0.29, 0.717) is 10.9 Å². The zero-order valence-electron chi connectivity index (χ0n) is 8.75. The van der Waals surface area contributed by atoms with Gasteiger partial charge in [-0.2, -0.15) is 0 Å². The summed E-state index contributed by atoms with van der Waals surface area (Å²) in [5.74, 6) is -0.668. The molecule has 1 aromatic carbocycles. The molecule has 0 bridgehead atoms. The molecule has 0 radical (unpaired) electrons. The SMILES string of the molecule is O=C(O)Cc1c[nH]c2ccc(OB(O)O)cc12. The molecule has 17 heavy (non-hydrogen) atoms. The van der Waals surface area contributed by atoms with Crippen molar-refractivity contribution in [2.24, 2.45) is 0 Å². The Labute approximate surface area is 96.6 Å². The topological polar surface area (TPSA) is 103 Å². The molecule has 4 N–H and O–H groups in total. The van der Waals surface area contributed by atoms with E-state index in [0.717, 1.165) is 5.52 Å². The van der Waals surface area contributed by atoms with E-state index < -0.39 is 13.3 Å². The lowest BCUT2D eigenvalue weighted by molar-refractivity contribution is -0.136. The van der Waals surface area contributed by atoms with Crippen molar-refractivity contribution >= 4 is 24.2 Å². The maximum Gasteiger partial charge on any atom is 0.707 e. The first-order valence-corrected chi connectivity index (χ1v) is 4.91. The summed E-state index contributed by atoms with van der Waals surface area (Å²) in [4.78, 5) is 13.6. The van der Waals surface area contributed by atoms with Crippen LogP contribution in [0, 0.1) is 0 Å². The van der Waals surface area contributed by atoms with Crippen LogP contribution >= 0.6 is 0 Å². The van der Waals surface area contributed by atoms with E-state index in [9.17, 15) is 4.79 Å². The van der Waals surface area contributed by atoms with Gasteiger partial charge in [0.2, 0.25) is 0 Å². The van der Waals surface area contributed by atoms with Crippen LogP contribution in [0.25, 0.3) is 10.9 Å². The molecule has 0 fully saturated rings. The molecular weight excluding hydrogens is 225 g/mol. The number of carbonyl (C=O) groups is 1. The number of nitrogens with one attached hydrogen (secondary N) is 1. The molecule has 0 aliphatic carbocycles. The number of aliphatic carboxylic acids is 1. The number of benzene rings is 1. The van der Waals surface area contributed by atoms with Gasteiger partial charge in [0.05, 0.1) is 6.42 Å². The Hall–Kier alpha value is -1.99. The highest BCUT2D eigenvalue weighted by Gasteiger charge is 2.13. The van der Waals surface area contributed by atoms with Gasteiger partial charge in [-0.3, -0.25) is 4.79 Å². The highest BCUT2D eigenvalue weighted by molar-refractivity contribution is 6.33. The number of aromatic amines is 1. The molecule has 2 aromatic rings. The van der Waals surface area contributed by atoms with Crippen molar-refractivity contribution in [2.45, 2.75) is 6.42 Å². The van der Waals surface area contributed by atoms with Gasteiger partial charge in [0, 0.05) is 17.1 Å². The predicted molar refractivity (Wildman–Crippen MR) is 60.5 cm³/mol. The van der Waals surface area contributed by atoms with Crippen LogP contribution in [0.2, 0.25) is 0 Å². The molecule has 0 aliphatic rings. The molecule has 0 unspecified atom stereocenters. The van der Waals surface area contributed by atoms with E-state index in [1.54, 1.807) is 24.4 Å². The Balaban J connectivity index is 2.39. The number of carboxylic acids is 1. The normalized spacial score (nSPS) is 10.5. The summed E-state index contributed by atoms with van der Waals surface area (Å²) >= 11 is 0. The molecule has 88 valence electrons. The Morgan fingerprint density at radius 1 is 1.41 bits per heavy atom. The van der Waals surface area contributed by atoms with E-state index >= 15 is 0 Å². The van der Waals surface area contributed by atoms with Crippen LogP contribution in [0.3, 0.4) is 0 Å². The fraction of sp³-hybridized carbons (Fsp3) is 0.100. The van der Waals surface area contributed by atoms with Gasteiger partial charge < -0.3 is 24.8 Å². The van der Waals surface area contributed by atoms with Gasteiger partial charge in [-0.25, -0.2) is 0 Å². The molecule has 0 saturated carbocycles. The Bertz CT molecular complexity index is 551. The third-order valence-corrected chi connectivity index (χ3v) is 2.32. The van der Waals surface area contributed by atoms with Crippen molar-refractivity contribution in [1.29, 1.82) is 0 Å². The molecule has 1 heterocycles. The zero-order valence-corrected chi connectivity index (χ0v) is 8.75. The first kappa shape index (κ1) is 11.5. The smallest absolute Gasteiger partial charge is 0.512 e. The lowest BCUT2D eigenvalue weighted by atomic mass is 10.1. The molecular formula is C10H10BNO5. The average Bonchev–Trinajstić information content (AvgIpc) is 2.59. The number of aromatic nitrogens is 1. The first-order valence-electron chi connectivity index (χ1n) is 4.91. The summed E-state index contributed by atoms with van der Waals surface area (Å²) in [6.07, 6.45) is 1.50. The Morgan fingerprint density at radius 2 is 2.18 bits per heavy atom. The lowest BCUT2D eigenvalue weighted by Gasteiger charge is -2.04. The maximum atomic E-state index is 10.6. The van der Waals surface area contributed by atoms with Crippen LogP contribution < -0.4 is 4.65 Å². The predicted octanol–water partition coefficient (Wildman–Crippen LogP) is 0.143. The van der Waals surface area contributed by atoms with Crippen molar-refractivity contribution in [3.05, 3.63) is 30.0 Å². The van der Waals surface area contributed by atoms with Crippen molar-refractivity contribution in [2.75, 3.05) is 0 Å². The van der Waals surface area contributed by atoms with Gasteiger partial charge in [0.1, 0.15) is 5.75 Å². The van der Waals surface area contributed by atoms with Gasteiger partial charge in [-0.15, -0.1) is 0 Å². The quantitative estimate of drug-likeness (QED) is 0.564. The second kappa shape index (κ2) is 4.48. The van der Waals surface area contributed by atoms with Crippen molar-refractivity contribution in [3.63, 3.8) is 0 Å². The third kappa shape index (κ3) is 2.58. The van der Waals surface area contributed by atoms with Crippen LogP contribution in [0.5, 0.6) is 5.75 Å². The molecule has 7 heteroatoms. The number of hydrogen-bond acceptors (Lipinski definition) is 4. The van der Waals surface area contributed by atoms with Crippen LogP contribution in [-0.4, -0.2) is 33.4 Å². The summed E-state index contributed by atoms with van der Waals surface area (Å²) in [6, 6.07) is 4.80. The van der Waals surface area contributed by atoms with Gasteiger partial charge in [-0.05, 0) is 23.8 Å². The zero-order chi connectivity index (χ0) is 12.4. The molecule has 0 aliphatic heterocycles. The van der Waals surface area contributed by atoms with E-state index in [2.05, 4.69) is 4.98 Å². The van der Waals surface area contributed by atoms with Crippen LogP contribution in [0.4, 0.5) is 0 Å². The molecule has 2 rings (SSSR count). The lowest BCUT2D eigenvalue weighted by Crippen LogP contribution is -2.20. The first-order chi connectivity index (χ1) is 8.06. The Morgan fingerprint density at radius 3 is 2.82 bits per heavy atom. The summed E-state index contributed by atoms with van der Waals surface area (Å²) in [7, 11) is -1.89. The number of hydrogen-bond donors (Lipinski definition) is 4. The maximum absolute atomic E-state index is 10.6. The minimum atomic E-state index is -1.89. The Kier molecular flexibility index (Phi) is 3.03. The van der Waals surface area contributed by atoms with E-state index in [1.807, 2.05) is 0 Å². The van der Waals surface area contributed by atoms with Gasteiger partial charge >= 0.3 is 13.3 Å². The standard InChI is InChI=1S/C10H10BNO5/c13-10(14)3-6-5-12-9-2-1-7(4-8(6)9)17-11(15)16/h1-2,4-5,12,15-16H,3H2,(H,13,14). The summed E-state index contributed by atoms with van der Waals surface area (Å²) in [5.41, 5.74) is 1.38. The van der Waals surface area contributed by atoms with Gasteiger partial charge in [0.15, 0.2) is 0 Å². The van der Waals surface area contributed by atoms with Crippen LogP contribution in [0.1, 0.15) is 5.56 Å². The monoisotopic (exact) mass is 235 g/mol. The van der Waals surface area contributed by atoms with Crippen molar-refractivity contribution in [1.82, 2.24) is 4.98 Å². The summed E-state index contributed by atoms with van der Waals surface area (Å²) in [5, 5.41) is 26.8. The molecule has 0 amide bonds. The second-order valence-electron chi connectivity index (χ2n) is 3.54. The van der Waals surface area contributed by atoms with Gasteiger partial charge in [-0.1, -0.05) is 0 Å². The minimum Gasteiger partial charge on any atom is -0.512 e. The summed E-state index contributed by atoms with van der Waals surface area (Å²) in [6.45, 7) is 0. The third-order valence-electron chi connectivity index (χ3n) is 2.32.